The number of hydrogen-bond acceptors (Lipinski definition) is 5. The smallest absolute Gasteiger partial charge is 0.165 e. The fraction of sp³-hybridized carbons (Fsp3) is 0.714. The summed E-state index contributed by atoms with van der Waals surface area (Å²) in [6, 6.07) is 5.87. The molecule has 0 unspecified atom stereocenters. The van der Waals surface area contributed by atoms with Crippen molar-refractivity contribution < 1.29 is 14.2 Å². The van der Waals surface area contributed by atoms with Gasteiger partial charge in [-0.25, -0.2) is 4.39 Å². The van der Waals surface area contributed by atoms with Crippen molar-refractivity contribution in [3.05, 3.63) is 29.6 Å². The molecule has 0 radical (unpaired) electrons. The SMILES string of the molecule is COc1ccc(CN2CC[C@H](N3CCN(C)CC3)[C@H](CCCO)C2)cc1F. The van der Waals surface area contributed by atoms with Crippen LogP contribution in [0.5, 0.6) is 5.75 Å². The number of likely N-dealkylation sites (tertiary alicyclic amines) is 1. The summed E-state index contributed by atoms with van der Waals surface area (Å²) in [5.74, 6) is 0.574. The standard InChI is InChI=1S/C21H34FN3O2/c1-23-9-11-25(12-10-23)20-7-8-24(16-18(20)4-3-13-26)15-17-5-6-21(27-2)19(22)14-17/h5-6,14,18,20,26H,3-4,7-13,15-16H2,1-2H3/t18-,20+/m1/s1. The number of aliphatic hydroxyl groups excluding tert-OH is 1. The molecule has 0 aromatic heterocycles. The molecule has 2 aliphatic heterocycles. The molecule has 5 nitrogen and oxygen atoms in total. The van der Waals surface area contributed by atoms with Crippen LogP contribution < -0.4 is 4.74 Å². The molecule has 0 spiro atoms. The number of methoxy groups -OCH3 is 1. The van der Waals surface area contributed by atoms with Gasteiger partial charge in [-0.2, -0.15) is 0 Å². The van der Waals surface area contributed by atoms with E-state index in [1.54, 1.807) is 12.1 Å². The van der Waals surface area contributed by atoms with Crippen molar-refractivity contribution >= 4 is 0 Å². The van der Waals surface area contributed by atoms with Crippen LogP contribution in [0, 0.1) is 11.7 Å². The Kier molecular flexibility index (Phi) is 7.47. The Labute approximate surface area is 162 Å². The Morgan fingerprint density at radius 3 is 2.63 bits per heavy atom. The van der Waals surface area contributed by atoms with Crippen molar-refractivity contribution in [1.29, 1.82) is 0 Å². The van der Waals surface area contributed by atoms with Crippen molar-refractivity contribution in [2.24, 2.45) is 5.92 Å². The maximum atomic E-state index is 14.0. The van der Waals surface area contributed by atoms with Crippen LogP contribution in [0.15, 0.2) is 18.2 Å². The number of nitrogens with zero attached hydrogens (tertiary/aromatic N) is 3. The molecule has 6 heteroatoms. The minimum Gasteiger partial charge on any atom is -0.494 e. The predicted octanol–water partition coefficient (Wildman–Crippen LogP) is 2.04. The number of hydrogen-bond donors (Lipinski definition) is 1. The maximum absolute atomic E-state index is 14.0. The summed E-state index contributed by atoms with van der Waals surface area (Å²) >= 11 is 0. The minimum absolute atomic E-state index is 0.260. The molecule has 2 heterocycles. The molecule has 2 fully saturated rings. The molecular weight excluding hydrogens is 345 g/mol. The van der Waals surface area contributed by atoms with E-state index >= 15 is 0 Å². The highest BCUT2D eigenvalue weighted by molar-refractivity contribution is 5.29. The molecule has 0 aliphatic carbocycles. The van der Waals surface area contributed by atoms with Crippen molar-refractivity contribution in [1.82, 2.24) is 14.7 Å². The lowest BCUT2D eigenvalue weighted by atomic mass is 9.86. The Morgan fingerprint density at radius 2 is 1.96 bits per heavy atom. The van der Waals surface area contributed by atoms with Gasteiger partial charge in [0.2, 0.25) is 0 Å². The monoisotopic (exact) mass is 379 g/mol. The molecule has 2 saturated heterocycles. The topological polar surface area (TPSA) is 39.2 Å². The number of piperazine rings is 1. The molecule has 1 aromatic rings. The van der Waals surface area contributed by atoms with E-state index in [1.807, 2.05) is 6.07 Å². The highest BCUT2D eigenvalue weighted by Gasteiger charge is 2.34. The molecule has 0 saturated carbocycles. The normalized spacial score (nSPS) is 25.6. The van der Waals surface area contributed by atoms with E-state index in [1.165, 1.54) is 7.11 Å². The van der Waals surface area contributed by atoms with E-state index in [4.69, 9.17) is 4.74 Å². The van der Waals surface area contributed by atoms with Gasteiger partial charge in [-0.05, 0) is 56.5 Å². The second-order valence-corrected chi connectivity index (χ2v) is 8.03. The number of likely N-dealkylation sites (N-methyl/N-ethyl adjacent to an activating group) is 1. The number of rotatable bonds is 7. The van der Waals surface area contributed by atoms with E-state index in [2.05, 4.69) is 21.7 Å². The van der Waals surface area contributed by atoms with Gasteiger partial charge < -0.3 is 14.7 Å². The molecule has 0 bridgehead atoms. The zero-order valence-corrected chi connectivity index (χ0v) is 16.7. The van der Waals surface area contributed by atoms with Crippen LogP contribution in [-0.2, 0) is 6.54 Å². The zero-order chi connectivity index (χ0) is 19.2. The maximum Gasteiger partial charge on any atom is 0.165 e. The molecule has 2 atom stereocenters. The third kappa shape index (κ3) is 5.41. The van der Waals surface area contributed by atoms with Crippen molar-refractivity contribution in [2.45, 2.75) is 31.8 Å². The molecule has 152 valence electrons. The number of halogens is 1. The average molecular weight is 380 g/mol. The number of benzene rings is 1. The van der Waals surface area contributed by atoms with Crippen LogP contribution in [0.3, 0.4) is 0 Å². The van der Waals surface area contributed by atoms with Crippen LogP contribution in [0.25, 0.3) is 0 Å². The van der Waals surface area contributed by atoms with Gasteiger partial charge in [0.1, 0.15) is 0 Å². The lowest BCUT2D eigenvalue weighted by Crippen LogP contribution is -2.56. The first-order valence-electron chi connectivity index (χ1n) is 10.2. The first kappa shape index (κ1) is 20.5. The fourth-order valence-corrected chi connectivity index (χ4v) is 4.58. The van der Waals surface area contributed by atoms with E-state index in [-0.39, 0.29) is 12.4 Å². The zero-order valence-electron chi connectivity index (χ0n) is 16.7. The van der Waals surface area contributed by atoms with Gasteiger partial charge in [-0.15, -0.1) is 0 Å². The van der Waals surface area contributed by atoms with Crippen LogP contribution in [-0.4, -0.2) is 85.9 Å². The van der Waals surface area contributed by atoms with Crippen LogP contribution in [0.1, 0.15) is 24.8 Å². The largest absolute Gasteiger partial charge is 0.494 e. The number of piperidine rings is 1. The molecule has 2 aliphatic rings. The first-order valence-corrected chi connectivity index (χ1v) is 10.2. The Bertz CT molecular complexity index is 593. The quantitative estimate of drug-likeness (QED) is 0.785. The van der Waals surface area contributed by atoms with Crippen LogP contribution >= 0.6 is 0 Å². The Hall–Kier alpha value is -1.21. The van der Waals surface area contributed by atoms with Gasteiger partial charge in [0, 0.05) is 51.9 Å². The lowest BCUT2D eigenvalue weighted by Gasteiger charge is -2.46. The third-order valence-corrected chi connectivity index (χ3v) is 6.14. The van der Waals surface area contributed by atoms with E-state index in [9.17, 15) is 9.50 Å². The number of ether oxygens (including phenoxy) is 1. The summed E-state index contributed by atoms with van der Waals surface area (Å²) in [5, 5.41) is 9.32. The Balaban J connectivity index is 1.62. The van der Waals surface area contributed by atoms with Crippen LogP contribution in [0.2, 0.25) is 0 Å². The second kappa shape index (κ2) is 9.82. The van der Waals surface area contributed by atoms with Gasteiger partial charge in [0.25, 0.3) is 0 Å². The van der Waals surface area contributed by atoms with Crippen molar-refractivity contribution in [2.75, 3.05) is 60.0 Å². The molecule has 1 N–H and O–H groups in total. The average Bonchev–Trinajstić information content (AvgIpc) is 2.67. The van der Waals surface area contributed by atoms with Gasteiger partial charge >= 0.3 is 0 Å². The highest BCUT2D eigenvalue weighted by atomic mass is 19.1. The number of aliphatic hydroxyl groups is 1. The second-order valence-electron chi connectivity index (χ2n) is 8.03. The molecular formula is C21H34FN3O2. The van der Waals surface area contributed by atoms with Gasteiger partial charge in [0.15, 0.2) is 11.6 Å². The molecule has 3 rings (SSSR count). The molecule has 0 amide bonds. The van der Waals surface area contributed by atoms with Crippen molar-refractivity contribution in [3.63, 3.8) is 0 Å². The van der Waals surface area contributed by atoms with Gasteiger partial charge in [0.05, 0.1) is 7.11 Å². The summed E-state index contributed by atoms with van der Waals surface area (Å²) in [6.07, 6.45) is 3.07. The van der Waals surface area contributed by atoms with Gasteiger partial charge in [-0.3, -0.25) is 9.80 Å². The third-order valence-electron chi connectivity index (χ3n) is 6.14. The first-order chi connectivity index (χ1) is 13.1. The highest BCUT2D eigenvalue weighted by Crippen LogP contribution is 2.28. The lowest BCUT2D eigenvalue weighted by molar-refractivity contribution is 0.0211. The van der Waals surface area contributed by atoms with Gasteiger partial charge in [-0.1, -0.05) is 6.07 Å². The summed E-state index contributed by atoms with van der Waals surface area (Å²) in [5.41, 5.74) is 0.993. The van der Waals surface area contributed by atoms with E-state index < -0.39 is 0 Å². The predicted molar refractivity (Wildman–Crippen MR) is 106 cm³/mol. The van der Waals surface area contributed by atoms with Crippen molar-refractivity contribution in [3.8, 4) is 5.75 Å². The Morgan fingerprint density at radius 1 is 1.19 bits per heavy atom. The van der Waals surface area contributed by atoms with Crippen LogP contribution in [0.4, 0.5) is 4.39 Å². The van der Waals surface area contributed by atoms with E-state index in [0.29, 0.717) is 17.7 Å². The molecule has 1 aromatic carbocycles. The summed E-state index contributed by atoms with van der Waals surface area (Å²) in [4.78, 5) is 7.49. The molecule has 27 heavy (non-hydrogen) atoms. The summed E-state index contributed by atoms with van der Waals surface area (Å²) in [7, 11) is 3.68. The fourth-order valence-electron chi connectivity index (χ4n) is 4.58. The van der Waals surface area contributed by atoms with E-state index in [0.717, 1.165) is 70.6 Å². The summed E-state index contributed by atoms with van der Waals surface area (Å²) < 4.78 is 19.0. The summed E-state index contributed by atoms with van der Waals surface area (Å²) in [6.45, 7) is 7.64. The minimum atomic E-state index is -0.292.